The Balaban J connectivity index is 1.83. The summed E-state index contributed by atoms with van der Waals surface area (Å²) in [7, 11) is 0. The highest BCUT2D eigenvalue weighted by Gasteiger charge is 2.31. The molecular weight excluding hydrogens is 160 g/mol. The van der Waals surface area contributed by atoms with Crippen LogP contribution >= 0.6 is 0 Å². The van der Waals surface area contributed by atoms with Gasteiger partial charge in [0.1, 0.15) is 0 Å². The van der Waals surface area contributed by atoms with E-state index in [9.17, 15) is 0 Å². The first kappa shape index (κ1) is 9.47. The zero-order valence-electron chi connectivity index (χ0n) is 8.76. The number of rotatable bonds is 3. The predicted molar refractivity (Wildman–Crippen MR) is 55.9 cm³/mol. The van der Waals surface area contributed by atoms with Gasteiger partial charge in [0.15, 0.2) is 0 Å². The third kappa shape index (κ3) is 2.23. The molecule has 2 fully saturated rings. The Morgan fingerprint density at radius 2 is 2.23 bits per heavy atom. The molecule has 2 aliphatic rings. The van der Waals surface area contributed by atoms with Crippen molar-refractivity contribution in [2.24, 2.45) is 5.92 Å². The number of nitrogens with one attached hydrogen (secondary N) is 1. The van der Waals surface area contributed by atoms with Crippen LogP contribution < -0.4 is 5.32 Å². The molecule has 3 unspecified atom stereocenters. The van der Waals surface area contributed by atoms with Crippen LogP contribution in [0.1, 0.15) is 32.6 Å². The van der Waals surface area contributed by atoms with Gasteiger partial charge in [-0.15, -0.1) is 0 Å². The number of piperidine rings is 2. The Kier molecular flexibility index (Phi) is 3.23. The molecule has 2 nitrogen and oxygen atoms in total. The molecule has 1 N–H and O–H groups in total. The van der Waals surface area contributed by atoms with Gasteiger partial charge in [0.25, 0.3) is 0 Å². The average Bonchev–Trinajstić information content (AvgIpc) is 2.18. The monoisotopic (exact) mass is 182 g/mol. The molecule has 2 saturated heterocycles. The minimum Gasteiger partial charge on any atom is -0.314 e. The van der Waals surface area contributed by atoms with Gasteiger partial charge in [0, 0.05) is 12.6 Å². The van der Waals surface area contributed by atoms with Gasteiger partial charge < -0.3 is 10.2 Å². The molecule has 2 aliphatic heterocycles. The SMILES string of the molecule is CCCNC1CCN2CCCC1C2. The van der Waals surface area contributed by atoms with Crippen molar-refractivity contribution in [2.75, 3.05) is 26.2 Å². The Bertz CT molecular complexity index is 156. The maximum Gasteiger partial charge on any atom is 0.0120 e. The van der Waals surface area contributed by atoms with E-state index in [0.29, 0.717) is 0 Å². The number of fused-ring (bicyclic) bond motifs is 2. The summed E-state index contributed by atoms with van der Waals surface area (Å²) < 4.78 is 0. The van der Waals surface area contributed by atoms with Crippen molar-refractivity contribution in [1.29, 1.82) is 0 Å². The lowest BCUT2D eigenvalue weighted by molar-refractivity contribution is 0.0924. The van der Waals surface area contributed by atoms with Crippen molar-refractivity contribution in [3.05, 3.63) is 0 Å². The van der Waals surface area contributed by atoms with Crippen LogP contribution in [0.3, 0.4) is 0 Å². The highest BCUT2D eigenvalue weighted by Crippen LogP contribution is 2.26. The molecule has 0 aliphatic carbocycles. The van der Waals surface area contributed by atoms with E-state index >= 15 is 0 Å². The van der Waals surface area contributed by atoms with Crippen molar-refractivity contribution in [3.63, 3.8) is 0 Å². The molecule has 0 amide bonds. The largest absolute Gasteiger partial charge is 0.314 e. The fraction of sp³-hybridized carbons (Fsp3) is 1.00. The van der Waals surface area contributed by atoms with Gasteiger partial charge in [0.05, 0.1) is 0 Å². The summed E-state index contributed by atoms with van der Waals surface area (Å²) in [6.45, 7) is 7.51. The fourth-order valence-electron chi connectivity index (χ4n) is 2.78. The predicted octanol–water partition coefficient (Wildman–Crippen LogP) is 1.47. The van der Waals surface area contributed by atoms with E-state index in [2.05, 4.69) is 17.1 Å². The normalized spacial score (nSPS) is 39.0. The summed E-state index contributed by atoms with van der Waals surface area (Å²) in [5.41, 5.74) is 0. The summed E-state index contributed by atoms with van der Waals surface area (Å²) in [5.74, 6) is 0.953. The van der Waals surface area contributed by atoms with E-state index in [-0.39, 0.29) is 0 Å². The Labute approximate surface area is 81.7 Å². The molecule has 0 radical (unpaired) electrons. The summed E-state index contributed by atoms with van der Waals surface area (Å²) in [5, 5.41) is 3.70. The highest BCUT2D eigenvalue weighted by atomic mass is 15.2. The molecule has 13 heavy (non-hydrogen) atoms. The summed E-state index contributed by atoms with van der Waals surface area (Å²) in [6, 6.07) is 0.830. The van der Waals surface area contributed by atoms with Crippen LogP contribution in [-0.4, -0.2) is 37.1 Å². The Morgan fingerprint density at radius 3 is 3.08 bits per heavy atom. The maximum absolute atomic E-state index is 3.70. The van der Waals surface area contributed by atoms with E-state index in [4.69, 9.17) is 0 Å². The van der Waals surface area contributed by atoms with E-state index < -0.39 is 0 Å². The lowest BCUT2D eigenvalue weighted by Crippen LogP contribution is -2.52. The zero-order chi connectivity index (χ0) is 9.10. The quantitative estimate of drug-likeness (QED) is 0.711. The van der Waals surface area contributed by atoms with Crippen molar-refractivity contribution in [3.8, 4) is 0 Å². The third-order valence-electron chi connectivity index (χ3n) is 3.52. The number of hydrogen-bond acceptors (Lipinski definition) is 2. The Morgan fingerprint density at radius 1 is 1.31 bits per heavy atom. The average molecular weight is 182 g/mol. The fourth-order valence-corrected chi connectivity index (χ4v) is 2.78. The molecule has 2 rings (SSSR count). The molecule has 76 valence electrons. The molecule has 2 heteroatoms. The van der Waals surface area contributed by atoms with Gasteiger partial charge in [-0.1, -0.05) is 6.92 Å². The molecule has 0 spiro atoms. The highest BCUT2D eigenvalue weighted by molar-refractivity contribution is 4.88. The van der Waals surface area contributed by atoms with Crippen LogP contribution in [0.2, 0.25) is 0 Å². The van der Waals surface area contributed by atoms with Crippen molar-refractivity contribution in [1.82, 2.24) is 10.2 Å². The smallest absolute Gasteiger partial charge is 0.0120 e. The number of nitrogens with zero attached hydrogens (tertiary/aromatic N) is 1. The topological polar surface area (TPSA) is 15.3 Å². The van der Waals surface area contributed by atoms with Gasteiger partial charge >= 0.3 is 0 Å². The molecule has 3 atom stereocenters. The van der Waals surface area contributed by atoms with Crippen molar-refractivity contribution >= 4 is 0 Å². The molecule has 2 heterocycles. The molecular formula is C11H22N2. The van der Waals surface area contributed by atoms with Crippen LogP contribution in [0.4, 0.5) is 0 Å². The van der Waals surface area contributed by atoms with Crippen molar-refractivity contribution < 1.29 is 0 Å². The maximum atomic E-state index is 3.70. The minimum atomic E-state index is 0.830. The van der Waals surface area contributed by atoms with Gasteiger partial charge in [-0.2, -0.15) is 0 Å². The molecule has 0 aromatic heterocycles. The molecule has 0 aromatic rings. The van der Waals surface area contributed by atoms with E-state index in [1.165, 1.54) is 51.9 Å². The van der Waals surface area contributed by atoms with Gasteiger partial charge in [-0.3, -0.25) is 0 Å². The number of hydrogen-bond donors (Lipinski definition) is 1. The summed E-state index contributed by atoms with van der Waals surface area (Å²) in [4.78, 5) is 2.64. The van der Waals surface area contributed by atoms with Crippen LogP contribution in [0.15, 0.2) is 0 Å². The summed E-state index contributed by atoms with van der Waals surface area (Å²) in [6.07, 6.45) is 5.53. The first-order valence-electron chi connectivity index (χ1n) is 5.86. The van der Waals surface area contributed by atoms with Gasteiger partial charge in [-0.25, -0.2) is 0 Å². The van der Waals surface area contributed by atoms with E-state index in [1.54, 1.807) is 0 Å². The lowest BCUT2D eigenvalue weighted by Gasteiger charge is -2.43. The molecule has 2 bridgehead atoms. The Hall–Kier alpha value is -0.0800. The van der Waals surface area contributed by atoms with Crippen LogP contribution in [0.25, 0.3) is 0 Å². The van der Waals surface area contributed by atoms with Crippen LogP contribution in [0, 0.1) is 5.92 Å². The van der Waals surface area contributed by atoms with Gasteiger partial charge in [0.2, 0.25) is 0 Å². The van der Waals surface area contributed by atoms with E-state index in [0.717, 1.165) is 12.0 Å². The molecule has 0 saturated carbocycles. The zero-order valence-corrected chi connectivity index (χ0v) is 8.76. The second-order valence-electron chi connectivity index (χ2n) is 4.55. The molecule has 0 aromatic carbocycles. The second kappa shape index (κ2) is 4.43. The van der Waals surface area contributed by atoms with Crippen LogP contribution in [0.5, 0.6) is 0 Å². The first-order valence-corrected chi connectivity index (χ1v) is 5.86. The third-order valence-corrected chi connectivity index (χ3v) is 3.52. The summed E-state index contributed by atoms with van der Waals surface area (Å²) >= 11 is 0. The van der Waals surface area contributed by atoms with E-state index in [1.807, 2.05) is 0 Å². The second-order valence-corrected chi connectivity index (χ2v) is 4.55. The van der Waals surface area contributed by atoms with Crippen LogP contribution in [-0.2, 0) is 0 Å². The lowest BCUT2D eigenvalue weighted by atomic mass is 9.85. The van der Waals surface area contributed by atoms with Gasteiger partial charge in [-0.05, 0) is 51.2 Å². The van der Waals surface area contributed by atoms with Crippen molar-refractivity contribution in [2.45, 2.75) is 38.6 Å². The minimum absolute atomic E-state index is 0.830. The first-order chi connectivity index (χ1) is 6.40. The standard InChI is InChI=1S/C11H22N2/c1-2-6-12-11-5-8-13-7-3-4-10(11)9-13/h10-12H,2-9H2,1H3.